The molecule has 0 aromatic heterocycles. The number of nitrogens with one attached hydrogen (secondary N) is 2. The molecule has 0 radical (unpaired) electrons. The number of nitrogens with zero attached hydrogens (tertiary/aromatic N) is 1. The van der Waals surface area contributed by atoms with Crippen LogP contribution in [0.25, 0.3) is 0 Å². The summed E-state index contributed by atoms with van der Waals surface area (Å²) in [5.41, 5.74) is 0. The molecular formula is C14H27N3O. The molecule has 2 rings (SSSR count). The SMILES string of the molecule is CNC(=O)C1CCCN(C2CCC(NC)CC2)C1. The smallest absolute Gasteiger partial charge is 0.224 e. The van der Waals surface area contributed by atoms with Crippen LogP contribution in [0.15, 0.2) is 0 Å². The lowest BCUT2D eigenvalue weighted by Crippen LogP contribution is -2.48. The topological polar surface area (TPSA) is 44.4 Å². The number of amides is 1. The lowest BCUT2D eigenvalue weighted by Gasteiger charge is -2.41. The van der Waals surface area contributed by atoms with Crippen molar-refractivity contribution in [3.63, 3.8) is 0 Å². The standard InChI is InChI=1S/C14H27N3O/c1-15-12-5-7-13(8-6-12)17-9-3-4-11(10-17)14(18)16-2/h11-13,15H,3-10H2,1-2H3,(H,16,18). The Kier molecular flexibility index (Phi) is 5.01. The molecule has 1 heterocycles. The predicted molar refractivity (Wildman–Crippen MR) is 73.5 cm³/mol. The first-order valence-electron chi connectivity index (χ1n) is 7.37. The highest BCUT2D eigenvalue weighted by Crippen LogP contribution is 2.27. The average molecular weight is 253 g/mol. The minimum absolute atomic E-state index is 0.214. The van der Waals surface area contributed by atoms with Gasteiger partial charge in [-0.25, -0.2) is 0 Å². The van der Waals surface area contributed by atoms with Crippen LogP contribution in [0.5, 0.6) is 0 Å². The molecule has 0 spiro atoms. The van der Waals surface area contributed by atoms with Gasteiger partial charge in [-0.3, -0.25) is 9.69 Å². The summed E-state index contributed by atoms with van der Waals surface area (Å²) < 4.78 is 0. The van der Waals surface area contributed by atoms with Crippen LogP contribution in [0.2, 0.25) is 0 Å². The van der Waals surface area contributed by atoms with Gasteiger partial charge in [0.2, 0.25) is 5.91 Å². The number of hydrogen-bond acceptors (Lipinski definition) is 3. The van der Waals surface area contributed by atoms with Gasteiger partial charge in [0, 0.05) is 25.7 Å². The van der Waals surface area contributed by atoms with Gasteiger partial charge in [-0.05, 0) is 52.1 Å². The van der Waals surface area contributed by atoms with Crippen LogP contribution in [0, 0.1) is 5.92 Å². The quantitative estimate of drug-likeness (QED) is 0.788. The summed E-state index contributed by atoms with van der Waals surface area (Å²) in [7, 11) is 3.81. The molecule has 0 bridgehead atoms. The summed E-state index contributed by atoms with van der Waals surface area (Å²) in [6.45, 7) is 2.15. The Morgan fingerprint density at radius 1 is 1.11 bits per heavy atom. The van der Waals surface area contributed by atoms with Crippen molar-refractivity contribution in [1.82, 2.24) is 15.5 Å². The molecule has 0 aromatic rings. The van der Waals surface area contributed by atoms with E-state index in [4.69, 9.17) is 0 Å². The highest BCUT2D eigenvalue weighted by atomic mass is 16.1. The van der Waals surface area contributed by atoms with Crippen molar-refractivity contribution < 1.29 is 4.79 Å². The Bertz CT molecular complexity index is 274. The van der Waals surface area contributed by atoms with Crippen LogP contribution >= 0.6 is 0 Å². The molecular weight excluding hydrogens is 226 g/mol. The molecule has 18 heavy (non-hydrogen) atoms. The third-order valence-corrected chi connectivity index (χ3v) is 4.69. The maximum absolute atomic E-state index is 11.7. The third-order valence-electron chi connectivity index (χ3n) is 4.69. The molecule has 1 atom stereocenters. The van der Waals surface area contributed by atoms with E-state index in [0.717, 1.165) is 13.0 Å². The molecule has 1 unspecified atom stereocenters. The van der Waals surface area contributed by atoms with Gasteiger partial charge in [-0.2, -0.15) is 0 Å². The van der Waals surface area contributed by atoms with Gasteiger partial charge in [-0.1, -0.05) is 0 Å². The van der Waals surface area contributed by atoms with Crippen LogP contribution in [-0.4, -0.2) is 50.1 Å². The van der Waals surface area contributed by atoms with Gasteiger partial charge in [0.1, 0.15) is 0 Å². The van der Waals surface area contributed by atoms with E-state index in [1.54, 1.807) is 7.05 Å². The van der Waals surface area contributed by atoms with Crippen molar-refractivity contribution in [3.05, 3.63) is 0 Å². The van der Waals surface area contributed by atoms with Crippen molar-refractivity contribution in [3.8, 4) is 0 Å². The second-order valence-corrected chi connectivity index (χ2v) is 5.74. The molecule has 1 amide bonds. The van der Waals surface area contributed by atoms with Crippen molar-refractivity contribution in [1.29, 1.82) is 0 Å². The second kappa shape index (κ2) is 6.53. The van der Waals surface area contributed by atoms with Gasteiger partial charge < -0.3 is 10.6 Å². The molecule has 104 valence electrons. The van der Waals surface area contributed by atoms with E-state index in [2.05, 4.69) is 22.6 Å². The van der Waals surface area contributed by atoms with Crippen LogP contribution in [-0.2, 0) is 4.79 Å². The zero-order chi connectivity index (χ0) is 13.0. The van der Waals surface area contributed by atoms with Crippen molar-refractivity contribution in [2.45, 2.75) is 50.6 Å². The predicted octanol–water partition coefficient (Wildman–Crippen LogP) is 0.975. The molecule has 1 aliphatic heterocycles. The monoisotopic (exact) mass is 253 g/mol. The Labute approximate surface area is 110 Å². The summed E-state index contributed by atoms with van der Waals surface area (Å²) in [4.78, 5) is 14.3. The van der Waals surface area contributed by atoms with Crippen molar-refractivity contribution in [2.75, 3.05) is 27.2 Å². The minimum atomic E-state index is 0.214. The summed E-state index contributed by atoms with van der Waals surface area (Å²) in [6, 6.07) is 1.42. The number of carbonyl (C=O) groups excluding carboxylic acids is 1. The molecule has 0 aromatic carbocycles. The van der Waals surface area contributed by atoms with E-state index in [1.807, 2.05) is 0 Å². The van der Waals surface area contributed by atoms with Gasteiger partial charge in [0.05, 0.1) is 5.92 Å². The van der Waals surface area contributed by atoms with E-state index in [1.165, 1.54) is 38.6 Å². The molecule has 1 aliphatic carbocycles. The van der Waals surface area contributed by atoms with Crippen LogP contribution in [0.4, 0.5) is 0 Å². The fraction of sp³-hybridized carbons (Fsp3) is 0.929. The molecule has 2 aliphatic rings. The maximum Gasteiger partial charge on any atom is 0.224 e. The Balaban J connectivity index is 1.84. The Morgan fingerprint density at radius 2 is 1.83 bits per heavy atom. The van der Waals surface area contributed by atoms with Crippen molar-refractivity contribution >= 4 is 5.91 Å². The van der Waals surface area contributed by atoms with Gasteiger partial charge in [-0.15, -0.1) is 0 Å². The summed E-state index contributed by atoms with van der Waals surface area (Å²) >= 11 is 0. The van der Waals surface area contributed by atoms with Crippen LogP contribution in [0.3, 0.4) is 0 Å². The average Bonchev–Trinajstić information content (AvgIpc) is 2.46. The molecule has 1 saturated carbocycles. The second-order valence-electron chi connectivity index (χ2n) is 5.74. The van der Waals surface area contributed by atoms with E-state index < -0.39 is 0 Å². The highest BCUT2D eigenvalue weighted by molar-refractivity contribution is 5.78. The van der Waals surface area contributed by atoms with Gasteiger partial charge in [0.15, 0.2) is 0 Å². The van der Waals surface area contributed by atoms with Crippen molar-refractivity contribution in [2.24, 2.45) is 5.92 Å². The Hall–Kier alpha value is -0.610. The van der Waals surface area contributed by atoms with Crippen LogP contribution in [0.1, 0.15) is 38.5 Å². The molecule has 1 saturated heterocycles. The number of rotatable bonds is 3. The zero-order valence-corrected chi connectivity index (χ0v) is 11.7. The first-order valence-corrected chi connectivity index (χ1v) is 7.37. The maximum atomic E-state index is 11.7. The zero-order valence-electron chi connectivity index (χ0n) is 11.7. The molecule has 4 nitrogen and oxygen atoms in total. The number of piperidine rings is 1. The largest absolute Gasteiger partial charge is 0.359 e. The first-order chi connectivity index (χ1) is 8.74. The van der Waals surface area contributed by atoms with E-state index in [9.17, 15) is 4.79 Å². The van der Waals surface area contributed by atoms with Gasteiger partial charge in [0.25, 0.3) is 0 Å². The summed E-state index contributed by atoms with van der Waals surface area (Å²) in [5.74, 6) is 0.439. The van der Waals surface area contributed by atoms with E-state index in [0.29, 0.717) is 12.1 Å². The molecule has 2 fully saturated rings. The molecule has 4 heteroatoms. The normalized spacial score (nSPS) is 34.2. The number of likely N-dealkylation sites (tertiary alicyclic amines) is 1. The fourth-order valence-electron chi connectivity index (χ4n) is 3.49. The fourth-order valence-corrected chi connectivity index (χ4v) is 3.49. The lowest BCUT2D eigenvalue weighted by molar-refractivity contribution is -0.126. The lowest BCUT2D eigenvalue weighted by atomic mass is 9.87. The van der Waals surface area contributed by atoms with Gasteiger partial charge >= 0.3 is 0 Å². The van der Waals surface area contributed by atoms with Crippen LogP contribution < -0.4 is 10.6 Å². The third kappa shape index (κ3) is 3.23. The number of hydrogen-bond donors (Lipinski definition) is 2. The Morgan fingerprint density at radius 3 is 2.44 bits per heavy atom. The summed E-state index contributed by atoms with van der Waals surface area (Å²) in [6.07, 6.45) is 7.36. The highest BCUT2D eigenvalue weighted by Gasteiger charge is 2.31. The minimum Gasteiger partial charge on any atom is -0.359 e. The first kappa shape index (κ1) is 13.8. The van der Waals surface area contributed by atoms with E-state index in [-0.39, 0.29) is 11.8 Å². The molecule has 2 N–H and O–H groups in total. The number of carbonyl (C=O) groups is 1. The van der Waals surface area contributed by atoms with E-state index >= 15 is 0 Å². The summed E-state index contributed by atoms with van der Waals surface area (Å²) in [5, 5.41) is 6.18.